The molecule has 0 saturated heterocycles. The van der Waals surface area contributed by atoms with Gasteiger partial charge in [-0.3, -0.25) is 19.2 Å². The predicted molar refractivity (Wildman–Crippen MR) is 44.6 cm³/mol. The summed E-state index contributed by atoms with van der Waals surface area (Å²) in [5, 5.41) is 34.9. The van der Waals surface area contributed by atoms with E-state index in [0.717, 1.165) is 0 Å². The average Bonchev–Trinajstić information content (AvgIpc) is 1.97. The molecule has 4 N–H and O–H groups in total. The number of carboxylic acids is 4. The summed E-state index contributed by atoms with van der Waals surface area (Å²) in [5.41, 5.74) is -2.77. The molecule has 8 heteroatoms. The van der Waals surface area contributed by atoms with Gasteiger partial charge in [-0.15, -0.1) is 0 Å². The molecule has 16 heavy (non-hydrogen) atoms. The Labute approximate surface area is 88.1 Å². The first-order valence-electron chi connectivity index (χ1n) is 4.18. The van der Waals surface area contributed by atoms with Crippen molar-refractivity contribution in [3.63, 3.8) is 0 Å². The Hall–Kier alpha value is -2.12. The highest BCUT2D eigenvalue weighted by Crippen LogP contribution is 2.52. The standard InChI is InChI=1S/C8H8O8/c9-4(10)2-1-3(5(11)12)8(2,6(13)14)7(15)16/h2-3H,1H2,(H,9,10)(H,11,12)(H,13,14)(H,15,16). The van der Waals surface area contributed by atoms with E-state index in [1.165, 1.54) is 0 Å². The third kappa shape index (κ3) is 1.23. The lowest BCUT2D eigenvalue weighted by Gasteiger charge is -2.44. The molecule has 1 saturated carbocycles. The average molecular weight is 232 g/mol. The monoisotopic (exact) mass is 232 g/mol. The minimum atomic E-state index is -2.77. The van der Waals surface area contributed by atoms with Crippen molar-refractivity contribution in [2.45, 2.75) is 6.42 Å². The van der Waals surface area contributed by atoms with Gasteiger partial charge < -0.3 is 20.4 Å². The van der Waals surface area contributed by atoms with Crippen molar-refractivity contribution in [2.24, 2.45) is 17.3 Å². The molecule has 88 valence electrons. The van der Waals surface area contributed by atoms with E-state index < -0.39 is 47.5 Å². The molecule has 0 amide bonds. The second kappa shape index (κ2) is 3.47. The molecule has 0 bridgehead atoms. The molecule has 1 rings (SSSR count). The SMILES string of the molecule is O=C(O)C1CC(C(=O)O)C1(C(=O)O)C(=O)O. The summed E-state index contributed by atoms with van der Waals surface area (Å²) in [6, 6.07) is 0. The smallest absolute Gasteiger partial charge is 0.322 e. The normalized spacial score (nSPS) is 26.5. The van der Waals surface area contributed by atoms with Crippen LogP contribution in [0.1, 0.15) is 6.42 Å². The summed E-state index contributed by atoms with van der Waals surface area (Å²) >= 11 is 0. The van der Waals surface area contributed by atoms with E-state index in [9.17, 15) is 19.2 Å². The summed E-state index contributed by atoms with van der Waals surface area (Å²) in [7, 11) is 0. The van der Waals surface area contributed by atoms with Crippen LogP contribution in [0.3, 0.4) is 0 Å². The highest BCUT2D eigenvalue weighted by molar-refractivity contribution is 6.08. The van der Waals surface area contributed by atoms with E-state index in [2.05, 4.69) is 0 Å². The zero-order valence-corrected chi connectivity index (χ0v) is 7.78. The van der Waals surface area contributed by atoms with Gasteiger partial charge in [-0.2, -0.15) is 0 Å². The predicted octanol–water partition coefficient (Wildman–Crippen LogP) is -1.05. The lowest BCUT2D eigenvalue weighted by Crippen LogP contribution is -2.64. The molecule has 2 atom stereocenters. The number of rotatable bonds is 4. The number of hydrogen-bond donors (Lipinski definition) is 4. The van der Waals surface area contributed by atoms with E-state index in [1.54, 1.807) is 0 Å². The molecule has 1 fully saturated rings. The first kappa shape index (κ1) is 12.0. The summed E-state index contributed by atoms with van der Waals surface area (Å²) in [5.74, 6) is -10.6. The molecule has 0 aromatic carbocycles. The van der Waals surface area contributed by atoms with Gasteiger partial charge in [0.25, 0.3) is 0 Å². The van der Waals surface area contributed by atoms with Gasteiger partial charge in [-0.1, -0.05) is 0 Å². The minimum Gasteiger partial charge on any atom is -0.481 e. The van der Waals surface area contributed by atoms with Crippen LogP contribution in [-0.2, 0) is 19.2 Å². The molecule has 0 spiro atoms. The van der Waals surface area contributed by atoms with Crippen LogP contribution in [0.15, 0.2) is 0 Å². The third-order valence-electron chi connectivity index (χ3n) is 2.87. The van der Waals surface area contributed by atoms with E-state index in [-0.39, 0.29) is 0 Å². The summed E-state index contributed by atoms with van der Waals surface area (Å²) in [6.45, 7) is 0. The van der Waals surface area contributed by atoms with E-state index in [1.807, 2.05) is 0 Å². The van der Waals surface area contributed by atoms with Crippen molar-refractivity contribution >= 4 is 23.9 Å². The second-order valence-electron chi connectivity index (χ2n) is 3.50. The third-order valence-corrected chi connectivity index (χ3v) is 2.87. The topological polar surface area (TPSA) is 149 Å². The van der Waals surface area contributed by atoms with Crippen LogP contribution in [0.5, 0.6) is 0 Å². The van der Waals surface area contributed by atoms with Gasteiger partial charge in [0, 0.05) is 0 Å². The molecule has 8 nitrogen and oxygen atoms in total. The van der Waals surface area contributed by atoms with Gasteiger partial charge in [0.05, 0.1) is 11.8 Å². The van der Waals surface area contributed by atoms with Crippen LogP contribution in [0, 0.1) is 17.3 Å². The zero-order valence-electron chi connectivity index (χ0n) is 7.78. The number of carboxylic acid groups (broad SMARTS) is 4. The summed E-state index contributed by atoms with van der Waals surface area (Å²) in [4.78, 5) is 43.0. The second-order valence-corrected chi connectivity index (χ2v) is 3.50. The van der Waals surface area contributed by atoms with Gasteiger partial charge in [-0.25, -0.2) is 0 Å². The molecule has 1 aliphatic rings. The number of hydrogen-bond acceptors (Lipinski definition) is 4. The van der Waals surface area contributed by atoms with E-state index in [4.69, 9.17) is 20.4 Å². The number of carbonyl (C=O) groups is 4. The maximum absolute atomic E-state index is 10.9. The molecule has 0 aromatic heterocycles. The van der Waals surface area contributed by atoms with Crippen LogP contribution in [0.25, 0.3) is 0 Å². The molecule has 0 aromatic rings. The Morgan fingerprint density at radius 2 is 1.12 bits per heavy atom. The van der Waals surface area contributed by atoms with Crippen molar-refractivity contribution in [1.82, 2.24) is 0 Å². The van der Waals surface area contributed by atoms with Crippen molar-refractivity contribution in [3.8, 4) is 0 Å². The molecule has 2 unspecified atom stereocenters. The highest BCUT2D eigenvalue weighted by Gasteiger charge is 2.71. The Morgan fingerprint density at radius 3 is 1.31 bits per heavy atom. The number of aliphatic carboxylic acids is 4. The van der Waals surface area contributed by atoms with Crippen LogP contribution >= 0.6 is 0 Å². The maximum Gasteiger partial charge on any atom is 0.322 e. The first-order valence-corrected chi connectivity index (χ1v) is 4.18. The van der Waals surface area contributed by atoms with Crippen LogP contribution < -0.4 is 0 Å². The van der Waals surface area contributed by atoms with Gasteiger partial charge >= 0.3 is 23.9 Å². The van der Waals surface area contributed by atoms with Gasteiger partial charge in [-0.05, 0) is 6.42 Å². The van der Waals surface area contributed by atoms with Crippen molar-refractivity contribution < 1.29 is 39.6 Å². The van der Waals surface area contributed by atoms with E-state index in [0.29, 0.717) is 0 Å². The molecule has 0 aliphatic heterocycles. The van der Waals surface area contributed by atoms with Crippen LogP contribution in [0.4, 0.5) is 0 Å². The zero-order chi connectivity index (χ0) is 12.7. The Morgan fingerprint density at radius 1 is 0.812 bits per heavy atom. The molecular formula is C8H8O8. The van der Waals surface area contributed by atoms with Gasteiger partial charge in [0.1, 0.15) is 0 Å². The quantitative estimate of drug-likeness (QED) is 0.448. The fraction of sp³-hybridized carbons (Fsp3) is 0.500. The highest BCUT2D eigenvalue weighted by atomic mass is 16.4. The van der Waals surface area contributed by atoms with E-state index >= 15 is 0 Å². The summed E-state index contributed by atoms with van der Waals surface area (Å²) < 4.78 is 0. The first-order chi connectivity index (χ1) is 7.26. The fourth-order valence-corrected chi connectivity index (χ4v) is 1.97. The van der Waals surface area contributed by atoms with Gasteiger partial charge in [0.15, 0.2) is 5.41 Å². The largest absolute Gasteiger partial charge is 0.481 e. The fourth-order valence-electron chi connectivity index (χ4n) is 1.97. The Kier molecular flexibility index (Phi) is 2.59. The Bertz CT molecular complexity index is 347. The lowest BCUT2D eigenvalue weighted by atomic mass is 9.52. The lowest BCUT2D eigenvalue weighted by molar-refractivity contribution is -0.202. The Balaban J connectivity index is 3.26. The van der Waals surface area contributed by atoms with Crippen LogP contribution in [-0.4, -0.2) is 44.3 Å². The maximum atomic E-state index is 10.9. The molecular weight excluding hydrogens is 224 g/mol. The summed E-state index contributed by atoms with van der Waals surface area (Å²) in [6.07, 6.45) is -0.497. The minimum absolute atomic E-state index is 0.497. The molecule has 0 heterocycles. The van der Waals surface area contributed by atoms with Crippen LogP contribution in [0.2, 0.25) is 0 Å². The molecule has 1 aliphatic carbocycles. The van der Waals surface area contributed by atoms with Gasteiger partial charge in [0.2, 0.25) is 0 Å². The van der Waals surface area contributed by atoms with Crippen molar-refractivity contribution in [1.29, 1.82) is 0 Å². The van der Waals surface area contributed by atoms with Crippen molar-refractivity contribution in [2.75, 3.05) is 0 Å². The van der Waals surface area contributed by atoms with Crippen molar-refractivity contribution in [3.05, 3.63) is 0 Å². The molecule has 0 radical (unpaired) electrons.